The number of carbonyl (C=O) groups excluding carboxylic acids is 1. The fraction of sp³-hybridized carbons (Fsp3) is 0.929. The van der Waals surface area contributed by atoms with Crippen LogP contribution >= 0.6 is 0 Å². The molecular formula is C14H26N2O. The van der Waals surface area contributed by atoms with E-state index in [9.17, 15) is 4.79 Å². The summed E-state index contributed by atoms with van der Waals surface area (Å²) in [7, 11) is 0. The second-order valence-corrected chi connectivity index (χ2v) is 5.90. The van der Waals surface area contributed by atoms with Crippen LogP contribution in [0.25, 0.3) is 0 Å². The smallest absolute Gasteiger partial charge is 0.225 e. The molecule has 1 saturated carbocycles. The Morgan fingerprint density at radius 2 is 1.71 bits per heavy atom. The van der Waals surface area contributed by atoms with Crippen molar-refractivity contribution in [2.75, 3.05) is 13.1 Å². The molecule has 17 heavy (non-hydrogen) atoms. The zero-order valence-electron chi connectivity index (χ0n) is 11.2. The van der Waals surface area contributed by atoms with Crippen molar-refractivity contribution >= 4 is 5.91 Å². The average Bonchev–Trinajstić information content (AvgIpc) is 2.82. The number of nitrogens with zero attached hydrogens (tertiary/aromatic N) is 1. The average molecular weight is 238 g/mol. The zero-order chi connectivity index (χ0) is 12.3. The summed E-state index contributed by atoms with van der Waals surface area (Å²) < 4.78 is 0. The molecule has 1 amide bonds. The molecule has 1 heterocycles. The third-order valence-electron chi connectivity index (χ3n) is 4.06. The Kier molecular flexibility index (Phi) is 4.43. The Labute approximate surface area is 105 Å². The van der Waals surface area contributed by atoms with E-state index in [0.29, 0.717) is 23.9 Å². The van der Waals surface area contributed by atoms with Crippen molar-refractivity contribution in [3.8, 4) is 0 Å². The maximum atomic E-state index is 12.2. The van der Waals surface area contributed by atoms with Crippen LogP contribution in [0.4, 0.5) is 0 Å². The van der Waals surface area contributed by atoms with E-state index in [-0.39, 0.29) is 0 Å². The number of nitrogens with one attached hydrogen (secondary N) is 1. The van der Waals surface area contributed by atoms with Gasteiger partial charge in [0.25, 0.3) is 0 Å². The summed E-state index contributed by atoms with van der Waals surface area (Å²) in [5, 5.41) is 3.59. The second kappa shape index (κ2) is 5.85. The van der Waals surface area contributed by atoms with Crippen molar-refractivity contribution in [2.24, 2.45) is 5.92 Å². The van der Waals surface area contributed by atoms with Crippen molar-refractivity contribution in [3.05, 3.63) is 0 Å². The molecule has 2 rings (SSSR count). The first-order valence-electron chi connectivity index (χ1n) is 7.21. The maximum absolute atomic E-state index is 12.2. The lowest BCUT2D eigenvalue weighted by Crippen LogP contribution is -2.41. The Balaban J connectivity index is 1.76. The van der Waals surface area contributed by atoms with Gasteiger partial charge in [-0.15, -0.1) is 0 Å². The number of amides is 1. The molecular weight excluding hydrogens is 212 g/mol. The predicted octanol–water partition coefficient (Wildman–Crippen LogP) is 2.17. The molecule has 2 aliphatic rings. The van der Waals surface area contributed by atoms with E-state index in [4.69, 9.17) is 0 Å². The van der Waals surface area contributed by atoms with Crippen molar-refractivity contribution < 1.29 is 4.79 Å². The Bertz CT molecular complexity index is 251. The molecule has 0 aromatic carbocycles. The standard InChI is InChI=1S/C14H26N2O/c1-11(2)15-13-7-5-12(6-8-13)14(17)16-9-3-4-10-16/h11-13,15H,3-10H2,1-2H3/t12-,13+. The van der Waals surface area contributed by atoms with Gasteiger partial charge >= 0.3 is 0 Å². The molecule has 2 fully saturated rings. The highest BCUT2D eigenvalue weighted by Crippen LogP contribution is 2.27. The quantitative estimate of drug-likeness (QED) is 0.817. The SMILES string of the molecule is CC(C)N[C@H]1CC[C@@H](C(=O)N2CCCC2)CC1. The van der Waals surface area contributed by atoms with Crippen LogP contribution in [0.2, 0.25) is 0 Å². The Hall–Kier alpha value is -0.570. The molecule has 0 aromatic heterocycles. The lowest BCUT2D eigenvalue weighted by molar-refractivity contribution is -0.135. The number of carbonyl (C=O) groups is 1. The monoisotopic (exact) mass is 238 g/mol. The third kappa shape index (κ3) is 3.44. The first-order chi connectivity index (χ1) is 8.16. The van der Waals surface area contributed by atoms with Crippen molar-refractivity contribution in [1.82, 2.24) is 10.2 Å². The van der Waals surface area contributed by atoms with Crippen LogP contribution in [0.15, 0.2) is 0 Å². The molecule has 0 unspecified atom stereocenters. The van der Waals surface area contributed by atoms with Crippen LogP contribution in [-0.2, 0) is 4.79 Å². The molecule has 0 aromatic rings. The van der Waals surface area contributed by atoms with Crippen molar-refractivity contribution in [1.29, 1.82) is 0 Å². The number of rotatable bonds is 3. The minimum atomic E-state index is 0.318. The van der Waals surface area contributed by atoms with E-state index in [1.807, 2.05) is 0 Å². The van der Waals surface area contributed by atoms with Crippen LogP contribution in [0.5, 0.6) is 0 Å². The van der Waals surface area contributed by atoms with Crippen LogP contribution in [0.3, 0.4) is 0 Å². The van der Waals surface area contributed by atoms with E-state index in [2.05, 4.69) is 24.1 Å². The van der Waals surface area contributed by atoms with E-state index in [0.717, 1.165) is 25.9 Å². The summed E-state index contributed by atoms with van der Waals surface area (Å²) in [5.74, 6) is 0.754. The van der Waals surface area contributed by atoms with Crippen LogP contribution in [0.1, 0.15) is 52.4 Å². The molecule has 0 spiro atoms. The minimum absolute atomic E-state index is 0.318. The van der Waals surface area contributed by atoms with Gasteiger partial charge in [-0.05, 0) is 38.5 Å². The molecule has 3 nitrogen and oxygen atoms in total. The van der Waals surface area contributed by atoms with Gasteiger partial charge in [-0.3, -0.25) is 4.79 Å². The number of hydrogen-bond donors (Lipinski definition) is 1. The molecule has 1 aliphatic carbocycles. The molecule has 1 saturated heterocycles. The molecule has 0 atom stereocenters. The largest absolute Gasteiger partial charge is 0.342 e. The first-order valence-corrected chi connectivity index (χ1v) is 7.21. The lowest BCUT2D eigenvalue weighted by Gasteiger charge is -2.31. The molecule has 0 radical (unpaired) electrons. The highest BCUT2D eigenvalue weighted by Gasteiger charge is 2.30. The Morgan fingerprint density at radius 3 is 2.24 bits per heavy atom. The van der Waals surface area contributed by atoms with E-state index < -0.39 is 0 Å². The van der Waals surface area contributed by atoms with Crippen LogP contribution in [0, 0.1) is 5.92 Å². The van der Waals surface area contributed by atoms with Gasteiger partial charge in [0.2, 0.25) is 5.91 Å². The molecule has 0 bridgehead atoms. The summed E-state index contributed by atoms with van der Waals surface area (Å²) in [6, 6.07) is 1.20. The molecule has 3 heteroatoms. The minimum Gasteiger partial charge on any atom is -0.342 e. The molecule has 98 valence electrons. The maximum Gasteiger partial charge on any atom is 0.225 e. The molecule has 1 aliphatic heterocycles. The number of hydrogen-bond acceptors (Lipinski definition) is 2. The van der Waals surface area contributed by atoms with E-state index in [1.54, 1.807) is 0 Å². The third-order valence-corrected chi connectivity index (χ3v) is 4.06. The van der Waals surface area contributed by atoms with Gasteiger partial charge < -0.3 is 10.2 Å². The topological polar surface area (TPSA) is 32.3 Å². The van der Waals surface area contributed by atoms with Gasteiger partial charge in [-0.25, -0.2) is 0 Å². The van der Waals surface area contributed by atoms with Gasteiger partial charge in [0, 0.05) is 31.1 Å². The lowest BCUT2D eigenvalue weighted by atomic mass is 9.85. The van der Waals surface area contributed by atoms with Gasteiger partial charge in [0.15, 0.2) is 0 Å². The van der Waals surface area contributed by atoms with Crippen molar-refractivity contribution in [2.45, 2.75) is 64.5 Å². The van der Waals surface area contributed by atoms with Crippen molar-refractivity contribution in [3.63, 3.8) is 0 Å². The van der Waals surface area contributed by atoms with E-state index >= 15 is 0 Å². The summed E-state index contributed by atoms with van der Waals surface area (Å²) in [4.78, 5) is 14.3. The molecule has 1 N–H and O–H groups in total. The summed E-state index contributed by atoms with van der Waals surface area (Å²) in [6.45, 7) is 6.40. The second-order valence-electron chi connectivity index (χ2n) is 5.90. The van der Waals surface area contributed by atoms with Gasteiger partial charge in [-0.1, -0.05) is 13.8 Å². The summed E-state index contributed by atoms with van der Waals surface area (Å²) in [6.07, 6.45) is 6.91. The first kappa shape index (κ1) is 12.9. The fourth-order valence-electron chi connectivity index (χ4n) is 3.17. The normalized spacial score (nSPS) is 29.9. The Morgan fingerprint density at radius 1 is 1.12 bits per heavy atom. The predicted molar refractivity (Wildman–Crippen MR) is 69.8 cm³/mol. The van der Waals surface area contributed by atoms with Crippen LogP contribution in [-0.4, -0.2) is 36.0 Å². The zero-order valence-corrected chi connectivity index (χ0v) is 11.2. The van der Waals surface area contributed by atoms with Gasteiger partial charge in [0.1, 0.15) is 0 Å². The van der Waals surface area contributed by atoms with Crippen LogP contribution < -0.4 is 5.32 Å². The van der Waals surface area contributed by atoms with Gasteiger partial charge in [-0.2, -0.15) is 0 Å². The fourth-order valence-corrected chi connectivity index (χ4v) is 3.17. The van der Waals surface area contributed by atoms with E-state index in [1.165, 1.54) is 25.7 Å². The summed E-state index contributed by atoms with van der Waals surface area (Å²) in [5.41, 5.74) is 0. The van der Waals surface area contributed by atoms with Gasteiger partial charge in [0.05, 0.1) is 0 Å². The highest BCUT2D eigenvalue weighted by atomic mass is 16.2. The highest BCUT2D eigenvalue weighted by molar-refractivity contribution is 5.79. The summed E-state index contributed by atoms with van der Waals surface area (Å²) >= 11 is 0. The number of likely N-dealkylation sites (tertiary alicyclic amines) is 1.